The number of nitrogens with one attached hydrogen (secondary N) is 2. The molecule has 0 aliphatic carbocycles. The predicted octanol–water partition coefficient (Wildman–Crippen LogP) is 4.24. The van der Waals surface area contributed by atoms with Gasteiger partial charge in [0.2, 0.25) is 0 Å². The third kappa shape index (κ3) is 4.14. The third-order valence-electron chi connectivity index (χ3n) is 6.91. The fourth-order valence-corrected chi connectivity index (χ4v) is 5.26. The van der Waals surface area contributed by atoms with Crippen LogP contribution in [0, 0.1) is 17.5 Å². The molecule has 2 aromatic heterocycles. The Morgan fingerprint density at radius 1 is 0.972 bits per heavy atom. The summed E-state index contributed by atoms with van der Waals surface area (Å²) in [7, 11) is 0. The largest absolute Gasteiger partial charge is 0.373 e. The summed E-state index contributed by atoms with van der Waals surface area (Å²) in [6, 6.07) is 10.1. The van der Waals surface area contributed by atoms with E-state index in [0.29, 0.717) is 47.3 Å². The number of halogens is 3. The normalized spacial score (nSPS) is 19.9. The van der Waals surface area contributed by atoms with Gasteiger partial charge in [-0.2, -0.15) is 0 Å². The van der Waals surface area contributed by atoms with E-state index in [1.165, 1.54) is 18.2 Å². The van der Waals surface area contributed by atoms with Gasteiger partial charge in [0.25, 0.3) is 5.56 Å². The molecule has 0 bridgehead atoms. The van der Waals surface area contributed by atoms with Crippen LogP contribution in [-0.2, 0) is 4.74 Å². The minimum absolute atomic E-state index is 0.0398. The van der Waals surface area contributed by atoms with Crippen LogP contribution in [0.3, 0.4) is 0 Å². The smallest absolute Gasteiger partial charge is 0.256 e. The van der Waals surface area contributed by atoms with Gasteiger partial charge in [-0.3, -0.25) is 9.78 Å². The summed E-state index contributed by atoms with van der Waals surface area (Å²) in [5.41, 5.74) is 2.59. The topological polar surface area (TPSA) is 70.2 Å². The minimum Gasteiger partial charge on any atom is -0.373 e. The summed E-state index contributed by atoms with van der Waals surface area (Å²) < 4.78 is 48.4. The third-order valence-corrected chi connectivity index (χ3v) is 6.91. The number of anilines is 1. The number of hydrogen-bond acceptors (Lipinski definition) is 5. The molecule has 0 spiro atoms. The molecule has 2 atom stereocenters. The SMILES string of the molecule is O=c1[nH]cc(F)cc1-c1ccc2ncc(-c3cc(F)cc(F)c3)c(N3CCC4NCCOC4C3)c2c1. The standard InChI is InChI=1S/C27H23F3N4O2/c28-17-7-16(8-18(29)10-17)22-13-32-23-2-1-15(20-11-19(30)12-33-27(20)35)9-21(23)26(22)34-5-3-24-25(14-34)36-6-4-31-24/h1-2,7-13,24-25,31H,3-6,14H2,(H,33,35). The van der Waals surface area contributed by atoms with Gasteiger partial charge >= 0.3 is 0 Å². The molecule has 0 radical (unpaired) electrons. The van der Waals surface area contributed by atoms with E-state index < -0.39 is 23.0 Å². The molecule has 6 nitrogen and oxygen atoms in total. The predicted molar refractivity (Wildman–Crippen MR) is 131 cm³/mol. The summed E-state index contributed by atoms with van der Waals surface area (Å²) in [6.45, 7) is 2.68. The number of ether oxygens (including phenoxy) is 1. The lowest BCUT2D eigenvalue weighted by atomic mass is 9.95. The number of H-pyrrole nitrogens is 1. The number of hydrogen-bond donors (Lipinski definition) is 2. The van der Waals surface area contributed by atoms with Crippen molar-refractivity contribution in [2.24, 2.45) is 0 Å². The molecule has 0 amide bonds. The van der Waals surface area contributed by atoms with Gasteiger partial charge in [-0.05, 0) is 47.9 Å². The van der Waals surface area contributed by atoms with Crippen molar-refractivity contribution in [3.8, 4) is 22.3 Å². The molecule has 2 aliphatic rings. The molecule has 2 N–H and O–H groups in total. The van der Waals surface area contributed by atoms with Crippen molar-refractivity contribution in [1.82, 2.24) is 15.3 Å². The summed E-state index contributed by atoms with van der Waals surface area (Å²) in [4.78, 5) is 21.6. The van der Waals surface area contributed by atoms with Gasteiger partial charge < -0.3 is 19.9 Å². The van der Waals surface area contributed by atoms with E-state index in [-0.39, 0.29) is 17.7 Å². The van der Waals surface area contributed by atoms with Crippen LogP contribution in [0.15, 0.2) is 59.7 Å². The highest BCUT2D eigenvalue weighted by atomic mass is 19.1. The molecule has 4 aromatic rings. The fourth-order valence-electron chi connectivity index (χ4n) is 5.26. The van der Waals surface area contributed by atoms with Crippen LogP contribution in [0.25, 0.3) is 33.2 Å². The number of aromatic amines is 1. The van der Waals surface area contributed by atoms with Crippen molar-refractivity contribution < 1.29 is 17.9 Å². The maximum Gasteiger partial charge on any atom is 0.256 e. The molecule has 2 unspecified atom stereocenters. The van der Waals surface area contributed by atoms with E-state index in [9.17, 15) is 18.0 Å². The first-order chi connectivity index (χ1) is 17.5. The van der Waals surface area contributed by atoms with E-state index in [0.717, 1.165) is 30.9 Å². The molecule has 2 aliphatic heterocycles. The Morgan fingerprint density at radius 3 is 2.64 bits per heavy atom. The second-order valence-electron chi connectivity index (χ2n) is 9.18. The van der Waals surface area contributed by atoms with Crippen molar-refractivity contribution >= 4 is 16.6 Å². The molecule has 4 heterocycles. The molecule has 36 heavy (non-hydrogen) atoms. The van der Waals surface area contributed by atoms with Crippen LogP contribution in [0.1, 0.15) is 6.42 Å². The van der Waals surface area contributed by atoms with Crippen LogP contribution in [0.5, 0.6) is 0 Å². The summed E-state index contributed by atoms with van der Waals surface area (Å²) in [6.07, 6.45) is 3.42. The van der Waals surface area contributed by atoms with Gasteiger partial charge in [-0.1, -0.05) is 6.07 Å². The van der Waals surface area contributed by atoms with E-state index in [2.05, 4.69) is 20.2 Å². The lowest BCUT2D eigenvalue weighted by Gasteiger charge is -2.43. The monoisotopic (exact) mass is 492 g/mol. The molecule has 9 heteroatoms. The lowest BCUT2D eigenvalue weighted by Crippen LogP contribution is -2.57. The van der Waals surface area contributed by atoms with Crippen molar-refractivity contribution in [3.05, 3.63) is 82.7 Å². The molecule has 2 saturated heterocycles. The Balaban J connectivity index is 1.56. The van der Waals surface area contributed by atoms with Gasteiger partial charge in [0.15, 0.2) is 0 Å². The van der Waals surface area contributed by atoms with Gasteiger partial charge in [0.05, 0.1) is 23.9 Å². The van der Waals surface area contributed by atoms with E-state index in [4.69, 9.17) is 4.74 Å². The average molecular weight is 493 g/mol. The molecule has 2 fully saturated rings. The van der Waals surface area contributed by atoms with Crippen LogP contribution in [0.2, 0.25) is 0 Å². The maximum absolute atomic E-state index is 14.2. The second-order valence-corrected chi connectivity index (χ2v) is 9.18. The Morgan fingerprint density at radius 2 is 1.81 bits per heavy atom. The van der Waals surface area contributed by atoms with Crippen LogP contribution in [0.4, 0.5) is 18.9 Å². The first-order valence-corrected chi connectivity index (χ1v) is 11.8. The Labute approximate surface area is 204 Å². The van der Waals surface area contributed by atoms with Gasteiger partial charge in [-0.25, -0.2) is 13.2 Å². The molecule has 6 rings (SSSR count). The Bertz CT molecular complexity index is 1500. The maximum atomic E-state index is 14.2. The minimum atomic E-state index is -0.686. The Hall–Kier alpha value is -3.69. The Kier molecular flexibility index (Phi) is 5.73. The van der Waals surface area contributed by atoms with Crippen molar-refractivity contribution in [2.45, 2.75) is 18.6 Å². The van der Waals surface area contributed by atoms with Gasteiger partial charge in [0.1, 0.15) is 17.5 Å². The summed E-state index contributed by atoms with van der Waals surface area (Å²) in [5.74, 6) is -1.93. The zero-order valence-electron chi connectivity index (χ0n) is 19.2. The van der Waals surface area contributed by atoms with Crippen molar-refractivity contribution in [3.63, 3.8) is 0 Å². The fraction of sp³-hybridized carbons (Fsp3) is 0.259. The molecule has 2 aromatic carbocycles. The highest BCUT2D eigenvalue weighted by Crippen LogP contribution is 2.40. The van der Waals surface area contributed by atoms with Crippen LogP contribution in [-0.4, -0.2) is 48.4 Å². The van der Waals surface area contributed by atoms with E-state index in [1.54, 1.807) is 24.4 Å². The first kappa shape index (κ1) is 22.8. The number of fused-ring (bicyclic) bond motifs is 2. The molecule has 0 saturated carbocycles. The first-order valence-electron chi connectivity index (χ1n) is 11.8. The number of benzene rings is 2. The van der Waals surface area contributed by atoms with Crippen molar-refractivity contribution in [2.75, 3.05) is 31.1 Å². The highest BCUT2D eigenvalue weighted by molar-refractivity contribution is 6.01. The summed E-state index contributed by atoms with van der Waals surface area (Å²) in [5, 5.41) is 4.19. The zero-order chi connectivity index (χ0) is 24.8. The lowest BCUT2D eigenvalue weighted by molar-refractivity contribution is -0.00896. The molecular formula is C27H23F3N4O2. The number of aromatic nitrogens is 2. The van der Waals surface area contributed by atoms with Crippen LogP contribution < -0.4 is 15.8 Å². The second kappa shape index (κ2) is 9.07. The number of rotatable bonds is 3. The molecule has 184 valence electrons. The van der Waals surface area contributed by atoms with E-state index >= 15 is 0 Å². The van der Waals surface area contributed by atoms with Crippen molar-refractivity contribution in [1.29, 1.82) is 0 Å². The quantitative estimate of drug-likeness (QED) is 0.448. The van der Waals surface area contributed by atoms with E-state index in [1.807, 2.05) is 0 Å². The summed E-state index contributed by atoms with van der Waals surface area (Å²) >= 11 is 0. The number of piperidine rings is 1. The number of morpholine rings is 1. The van der Waals surface area contributed by atoms with Crippen LogP contribution >= 0.6 is 0 Å². The zero-order valence-corrected chi connectivity index (χ0v) is 19.2. The highest BCUT2D eigenvalue weighted by Gasteiger charge is 2.33. The number of nitrogens with zero attached hydrogens (tertiary/aromatic N) is 2. The molecular weight excluding hydrogens is 469 g/mol. The number of pyridine rings is 2. The average Bonchev–Trinajstić information content (AvgIpc) is 2.88. The van der Waals surface area contributed by atoms with Gasteiger partial charge in [-0.15, -0.1) is 0 Å². The van der Waals surface area contributed by atoms with Gasteiger partial charge in [0, 0.05) is 60.6 Å².